The summed E-state index contributed by atoms with van der Waals surface area (Å²) < 4.78 is 16.2. The SMILES string of the molecule is CC(C)OCCOC(=O)NC(=NC(CC1CCCCC1)C(=O)NC1(C#N)CCN(C)CC1)N1CCOCC1. The number of piperidine rings is 1. The van der Waals surface area contributed by atoms with Crippen LogP contribution in [0.5, 0.6) is 0 Å². The Morgan fingerprint density at radius 2 is 1.79 bits per heavy atom. The molecule has 2 aliphatic heterocycles. The van der Waals surface area contributed by atoms with Gasteiger partial charge >= 0.3 is 6.09 Å². The lowest BCUT2D eigenvalue weighted by Gasteiger charge is -2.37. The van der Waals surface area contributed by atoms with Crippen molar-refractivity contribution in [2.75, 3.05) is 59.7 Å². The summed E-state index contributed by atoms with van der Waals surface area (Å²) in [5, 5.41) is 15.8. The van der Waals surface area contributed by atoms with Crippen LogP contribution in [0.2, 0.25) is 0 Å². The van der Waals surface area contributed by atoms with Crippen LogP contribution >= 0.6 is 0 Å². The molecule has 11 nitrogen and oxygen atoms in total. The molecule has 0 aromatic carbocycles. The summed E-state index contributed by atoms with van der Waals surface area (Å²) in [5.41, 5.74) is -0.897. The van der Waals surface area contributed by atoms with Crippen LogP contribution in [0.4, 0.5) is 4.79 Å². The Labute approximate surface area is 227 Å². The lowest BCUT2D eigenvalue weighted by molar-refractivity contribution is -0.124. The molecule has 2 amide bonds. The van der Waals surface area contributed by atoms with Crippen molar-refractivity contribution in [2.24, 2.45) is 10.9 Å². The number of hydrogen-bond donors (Lipinski definition) is 2. The van der Waals surface area contributed by atoms with Crippen molar-refractivity contribution < 1.29 is 23.8 Å². The predicted octanol–water partition coefficient (Wildman–Crippen LogP) is 2.27. The summed E-state index contributed by atoms with van der Waals surface area (Å²) in [4.78, 5) is 35.3. The first-order valence-electron chi connectivity index (χ1n) is 14.2. The Morgan fingerprint density at radius 3 is 2.42 bits per heavy atom. The van der Waals surface area contributed by atoms with Crippen molar-refractivity contribution in [3.8, 4) is 6.07 Å². The van der Waals surface area contributed by atoms with Gasteiger partial charge in [0.25, 0.3) is 0 Å². The molecule has 1 aliphatic carbocycles. The molecule has 3 rings (SSSR count). The first-order chi connectivity index (χ1) is 18.3. The molecule has 0 spiro atoms. The Morgan fingerprint density at radius 1 is 1.11 bits per heavy atom. The maximum atomic E-state index is 13.7. The third-order valence-corrected chi connectivity index (χ3v) is 7.57. The first-order valence-corrected chi connectivity index (χ1v) is 14.2. The predicted molar refractivity (Wildman–Crippen MR) is 144 cm³/mol. The van der Waals surface area contributed by atoms with Crippen molar-refractivity contribution in [1.82, 2.24) is 20.4 Å². The van der Waals surface area contributed by atoms with Gasteiger partial charge in [-0.25, -0.2) is 9.79 Å². The summed E-state index contributed by atoms with van der Waals surface area (Å²) >= 11 is 0. The minimum absolute atomic E-state index is 0.0486. The number of rotatable bonds is 9. The lowest BCUT2D eigenvalue weighted by Crippen LogP contribution is -2.56. The van der Waals surface area contributed by atoms with Crippen molar-refractivity contribution >= 4 is 18.0 Å². The molecule has 0 aromatic heterocycles. The minimum atomic E-state index is -0.897. The number of carbonyl (C=O) groups excluding carboxylic acids is 2. The van der Waals surface area contributed by atoms with E-state index in [1.54, 1.807) is 0 Å². The molecule has 1 saturated carbocycles. The number of hydrogen-bond acceptors (Lipinski definition) is 8. The zero-order valence-corrected chi connectivity index (χ0v) is 23.4. The van der Waals surface area contributed by atoms with E-state index >= 15 is 0 Å². The standard InChI is InChI=1S/C27H46N6O5/c1-21(2)37-17-18-38-26(35)30-25(33-13-15-36-16-14-33)29-23(19-22-7-5-4-6-8-22)24(34)31-27(20-28)9-11-32(3)12-10-27/h21-23H,4-19H2,1-3H3,(H,31,34)(H,29,30,35). The van der Waals surface area contributed by atoms with Crippen molar-refractivity contribution in [1.29, 1.82) is 5.26 Å². The number of ether oxygens (including phenoxy) is 3. The molecule has 11 heteroatoms. The smallest absolute Gasteiger partial charge is 0.414 e. The molecule has 0 bridgehead atoms. The van der Waals surface area contributed by atoms with Gasteiger partial charge in [0.05, 0.1) is 32.0 Å². The highest BCUT2D eigenvalue weighted by molar-refractivity contribution is 5.96. The van der Waals surface area contributed by atoms with Crippen LogP contribution in [-0.2, 0) is 19.0 Å². The third-order valence-electron chi connectivity index (χ3n) is 7.57. The Hall–Kier alpha value is -2.42. The van der Waals surface area contributed by atoms with E-state index in [1.807, 2.05) is 25.8 Å². The molecular weight excluding hydrogens is 488 g/mol. The van der Waals surface area contributed by atoms with Gasteiger partial charge in [0, 0.05) is 26.2 Å². The molecule has 0 radical (unpaired) electrons. The Kier molecular flexibility index (Phi) is 12.1. The average molecular weight is 535 g/mol. The number of aliphatic imine (C=N–C) groups is 1. The average Bonchev–Trinajstić information content (AvgIpc) is 2.92. The highest BCUT2D eigenvalue weighted by Crippen LogP contribution is 2.29. The fourth-order valence-electron chi connectivity index (χ4n) is 5.20. The third kappa shape index (κ3) is 9.71. The maximum absolute atomic E-state index is 13.7. The molecule has 3 aliphatic rings. The normalized spacial score (nSPS) is 22.0. The van der Waals surface area contributed by atoms with Gasteiger partial charge in [0.15, 0.2) is 0 Å². The number of nitrogens with one attached hydrogen (secondary N) is 2. The van der Waals surface area contributed by atoms with Gasteiger partial charge in [-0.05, 0) is 46.1 Å². The molecule has 2 saturated heterocycles. The van der Waals surface area contributed by atoms with Gasteiger partial charge in [0.1, 0.15) is 18.2 Å². The van der Waals surface area contributed by atoms with E-state index in [1.165, 1.54) is 6.42 Å². The van der Waals surface area contributed by atoms with E-state index in [-0.39, 0.29) is 18.6 Å². The van der Waals surface area contributed by atoms with Gasteiger partial charge < -0.3 is 29.3 Å². The van der Waals surface area contributed by atoms with Crippen LogP contribution in [0.1, 0.15) is 65.2 Å². The topological polar surface area (TPSA) is 129 Å². The zero-order valence-electron chi connectivity index (χ0n) is 23.4. The van der Waals surface area contributed by atoms with E-state index in [2.05, 4.69) is 21.6 Å². The van der Waals surface area contributed by atoms with E-state index < -0.39 is 17.7 Å². The number of amides is 2. The van der Waals surface area contributed by atoms with Crippen LogP contribution in [0.15, 0.2) is 4.99 Å². The van der Waals surface area contributed by atoms with Gasteiger partial charge in [-0.15, -0.1) is 0 Å². The van der Waals surface area contributed by atoms with Crippen LogP contribution in [0, 0.1) is 17.2 Å². The van der Waals surface area contributed by atoms with Crippen LogP contribution in [0.25, 0.3) is 0 Å². The monoisotopic (exact) mass is 534 g/mol. The molecule has 0 aromatic rings. The van der Waals surface area contributed by atoms with Gasteiger partial charge in [-0.2, -0.15) is 5.26 Å². The molecule has 214 valence electrons. The van der Waals surface area contributed by atoms with Crippen molar-refractivity contribution in [3.63, 3.8) is 0 Å². The fourth-order valence-corrected chi connectivity index (χ4v) is 5.20. The highest BCUT2D eigenvalue weighted by atomic mass is 16.6. The first kappa shape index (κ1) is 30.1. The van der Waals surface area contributed by atoms with E-state index in [0.717, 1.165) is 38.8 Å². The highest BCUT2D eigenvalue weighted by Gasteiger charge is 2.38. The van der Waals surface area contributed by atoms with Gasteiger partial charge in [0.2, 0.25) is 11.9 Å². The van der Waals surface area contributed by atoms with Crippen molar-refractivity contribution in [3.05, 3.63) is 0 Å². The summed E-state index contributed by atoms with van der Waals surface area (Å²) in [6.45, 7) is 7.84. The quantitative estimate of drug-likeness (QED) is 0.262. The molecule has 2 heterocycles. The second-order valence-electron chi connectivity index (χ2n) is 11.0. The summed E-state index contributed by atoms with van der Waals surface area (Å²) in [5.74, 6) is 0.436. The fraction of sp³-hybridized carbons (Fsp3) is 0.852. The lowest BCUT2D eigenvalue weighted by atomic mass is 9.84. The molecule has 2 N–H and O–H groups in total. The number of alkyl carbamates (subject to hydrolysis) is 1. The summed E-state index contributed by atoms with van der Waals surface area (Å²) in [7, 11) is 2.02. The molecule has 1 atom stereocenters. The molecular formula is C27H46N6O5. The Bertz CT molecular complexity index is 824. The van der Waals surface area contributed by atoms with E-state index in [9.17, 15) is 14.9 Å². The molecule has 3 fully saturated rings. The van der Waals surface area contributed by atoms with Crippen LogP contribution in [0.3, 0.4) is 0 Å². The Balaban J connectivity index is 1.78. The van der Waals surface area contributed by atoms with Crippen LogP contribution in [-0.4, -0.2) is 105 Å². The summed E-state index contributed by atoms with van der Waals surface area (Å²) in [6, 6.07) is 1.66. The zero-order chi connectivity index (χ0) is 27.4. The largest absolute Gasteiger partial charge is 0.447 e. The maximum Gasteiger partial charge on any atom is 0.414 e. The van der Waals surface area contributed by atoms with Crippen LogP contribution < -0.4 is 10.6 Å². The van der Waals surface area contributed by atoms with Crippen molar-refractivity contribution in [2.45, 2.75) is 82.9 Å². The van der Waals surface area contributed by atoms with Gasteiger partial charge in [-0.3, -0.25) is 10.1 Å². The number of nitrogens with zero attached hydrogens (tertiary/aromatic N) is 4. The number of likely N-dealkylation sites (tertiary alicyclic amines) is 1. The second-order valence-corrected chi connectivity index (χ2v) is 11.0. The number of nitriles is 1. The van der Waals surface area contributed by atoms with Gasteiger partial charge in [-0.1, -0.05) is 32.1 Å². The molecule has 1 unspecified atom stereocenters. The number of guanidine groups is 1. The van der Waals surface area contributed by atoms with E-state index in [0.29, 0.717) is 64.1 Å². The van der Waals surface area contributed by atoms with E-state index in [4.69, 9.17) is 19.2 Å². The number of carbonyl (C=O) groups is 2. The molecule has 38 heavy (non-hydrogen) atoms. The second kappa shape index (κ2) is 15.2. The minimum Gasteiger partial charge on any atom is -0.447 e. The summed E-state index contributed by atoms with van der Waals surface area (Å²) in [6.07, 6.45) is 6.78. The number of morpholine rings is 1.